The predicted molar refractivity (Wildman–Crippen MR) is 183 cm³/mol. The van der Waals surface area contributed by atoms with Gasteiger partial charge < -0.3 is 30.8 Å². The van der Waals surface area contributed by atoms with Crippen LogP contribution in [-0.2, 0) is 22.7 Å². The van der Waals surface area contributed by atoms with E-state index < -0.39 is 17.7 Å². The summed E-state index contributed by atoms with van der Waals surface area (Å²) in [6, 6.07) is 36.9. The van der Waals surface area contributed by atoms with Gasteiger partial charge in [-0.25, -0.2) is 0 Å². The second-order valence-corrected chi connectivity index (χ2v) is 11.1. The van der Waals surface area contributed by atoms with Crippen molar-refractivity contribution in [3.63, 3.8) is 0 Å². The molecule has 47 heavy (non-hydrogen) atoms. The SMILES string of the molecule is Nc1ccccc1NC(=O)c1ccc(C(C(=O)NCc2cccc(-n3cccc3)c2)C(=O)NCc2cccc(-n3cccc3)c2)cc1. The molecule has 0 radical (unpaired) electrons. The maximum absolute atomic E-state index is 13.7. The van der Waals surface area contributed by atoms with E-state index in [1.54, 1.807) is 48.5 Å². The zero-order chi connectivity index (χ0) is 32.6. The summed E-state index contributed by atoms with van der Waals surface area (Å²) >= 11 is 0. The van der Waals surface area contributed by atoms with E-state index in [-0.39, 0.29) is 19.0 Å². The summed E-state index contributed by atoms with van der Waals surface area (Å²) in [5.74, 6) is -2.42. The summed E-state index contributed by atoms with van der Waals surface area (Å²) in [4.78, 5) is 40.4. The zero-order valence-electron chi connectivity index (χ0n) is 25.5. The number of carbonyl (C=O) groups excluding carboxylic acids is 3. The van der Waals surface area contributed by atoms with Crippen LogP contribution in [0.4, 0.5) is 11.4 Å². The Labute approximate surface area is 272 Å². The standard InChI is InChI=1S/C38H34N6O3/c39-33-13-1-2-14-34(33)42-36(45)30-17-15-29(16-18-30)35(37(46)40-25-27-9-7-11-31(23-27)43-19-3-4-20-43)38(47)41-26-28-10-8-12-32(24-28)44-21-5-6-22-44/h1-24,35H,25-26,39H2,(H,40,46)(H,41,47)(H,42,45). The molecule has 0 aliphatic carbocycles. The minimum absolute atomic E-state index is 0.232. The van der Waals surface area contributed by atoms with Crippen molar-refractivity contribution < 1.29 is 14.4 Å². The lowest BCUT2D eigenvalue weighted by molar-refractivity contribution is -0.131. The molecule has 9 nitrogen and oxygen atoms in total. The Morgan fingerprint density at radius 1 is 0.596 bits per heavy atom. The lowest BCUT2D eigenvalue weighted by atomic mass is 9.95. The number of para-hydroxylation sites is 2. The Morgan fingerprint density at radius 3 is 1.62 bits per heavy atom. The quantitative estimate of drug-likeness (QED) is 0.107. The van der Waals surface area contributed by atoms with Gasteiger partial charge >= 0.3 is 0 Å². The topological polar surface area (TPSA) is 123 Å². The number of hydrogen-bond acceptors (Lipinski definition) is 4. The number of amides is 3. The van der Waals surface area contributed by atoms with Crippen molar-refractivity contribution >= 4 is 29.1 Å². The van der Waals surface area contributed by atoms with E-state index in [9.17, 15) is 14.4 Å². The van der Waals surface area contributed by atoms with Gasteiger partial charge in [0.2, 0.25) is 11.8 Å². The number of anilines is 2. The van der Waals surface area contributed by atoms with E-state index in [4.69, 9.17) is 5.73 Å². The number of nitrogen functional groups attached to an aromatic ring is 1. The molecule has 2 aromatic heterocycles. The summed E-state index contributed by atoms with van der Waals surface area (Å²) < 4.78 is 3.97. The number of hydrogen-bond donors (Lipinski definition) is 4. The Kier molecular flexibility index (Phi) is 9.25. The van der Waals surface area contributed by atoms with Gasteiger partial charge in [-0.15, -0.1) is 0 Å². The molecule has 0 atom stereocenters. The van der Waals surface area contributed by atoms with Crippen LogP contribution in [0.1, 0.15) is 33.0 Å². The van der Waals surface area contributed by atoms with Crippen LogP contribution in [0.15, 0.2) is 146 Å². The van der Waals surface area contributed by atoms with Crippen LogP contribution in [0.3, 0.4) is 0 Å². The molecule has 3 amide bonds. The van der Waals surface area contributed by atoms with E-state index in [0.29, 0.717) is 22.5 Å². The number of nitrogens with zero attached hydrogens (tertiary/aromatic N) is 2. The van der Waals surface area contributed by atoms with E-state index in [1.165, 1.54) is 0 Å². The van der Waals surface area contributed by atoms with Gasteiger partial charge in [0, 0.05) is 54.8 Å². The average Bonchev–Trinajstić information content (AvgIpc) is 3.84. The third-order valence-corrected chi connectivity index (χ3v) is 7.80. The van der Waals surface area contributed by atoms with Gasteiger partial charge in [-0.05, 0) is 89.5 Å². The summed E-state index contributed by atoms with van der Waals surface area (Å²) in [6.07, 6.45) is 7.80. The Bertz CT molecular complexity index is 1890. The normalized spacial score (nSPS) is 10.8. The molecule has 0 spiro atoms. The summed E-state index contributed by atoms with van der Waals surface area (Å²) in [7, 11) is 0. The van der Waals surface area contributed by atoms with Gasteiger partial charge in [0.05, 0.1) is 11.4 Å². The maximum Gasteiger partial charge on any atom is 0.255 e. The molecule has 0 unspecified atom stereocenters. The van der Waals surface area contributed by atoms with Gasteiger partial charge in [-0.3, -0.25) is 14.4 Å². The van der Waals surface area contributed by atoms with Crippen LogP contribution in [0.2, 0.25) is 0 Å². The largest absolute Gasteiger partial charge is 0.397 e. The van der Waals surface area contributed by atoms with Crippen molar-refractivity contribution in [1.29, 1.82) is 0 Å². The number of aromatic nitrogens is 2. The highest BCUT2D eigenvalue weighted by molar-refractivity contribution is 6.07. The molecule has 0 saturated carbocycles. The molecule has 4 aromatic carbocycles. The molecule has 0 aliphatic heterocycles. The zero-order valence-corrected chi connectivity index (χ0v) is 25.5. The fourth-order valence-electron chi connectivity index (χ4n) is 5.30. The summed E-state index contributed by atoms with van der Waals surface area (Å²) in [5, 5.41) is 8.70. The van der Waals surface area contributed by atoms with Crippen molar-refractivity contribution in [2.45, 2.75) is 19.0 Å². The lowest BCUT2D eigenvalue weighted by Gasteiger charge is -2.18. The first-order chi connectivity index (χ1) is 22.9. The number of carbonyl (C=O) groups is 3. The molecule has 6 rings (SSSR count). The molecular weight excluding hydrogens is 588 g/mol. The Balaban J connectivity index is 1.19. The Hall–Kier alpha value is -6.35. The lowest BCUT2D eigenvalue weighted by Crippen LogP contribution is -2.39. The fourth-order valence-corrected chi connectivity index (χ4v) is 5.30. The molecule has 0 bridgehead atoms. The molecule has 0 fully saturated rings. The number of rotatable bonds is 11. The first kappa shape index (κ1) is 30.7. The molecule has 0 aliphatic rings. The van der Waals surface area contributed by atoms with E-state index in [1.807, 2.05) is 107 Å². The molecular formula is C38H34N6O3. The van der Waals surface area contributed by atoms with Crippen LogP contribution in [0.5, 0.6) is 0 Å². The average molecular weight is 623 g/mol. The smallest absolute Gasteiger partial charge is 0.255 e. The van der Waals surface area contributed by atoms with Crippen LogP contribution in [0.25, 0.3) is 11.4 Å². The van der Waals surface area contributed by atoms with Crippen molar-refractivity contribution in [2.75, 3.05) is 11.1 Å². The third-order valence-electron chi connectivity index (χ3n) is 7.80. The van der Waals surface area contributed by atoms with Crippen molar-refractivity contribution in [3.8, 4) is 11.4 Å². The fraction of sp³-hybridized carbons (Fsp3) is 0.0789. The highest BCUT2D eigenvalue weighted by Crippen LogP contribution is 2.22. The molecule has 0 saturated heterocycles. The molecule has 9 heteroatoms. The van der Waals surface area contributed by atoms with E-state index >= 15 is 0 Å². The number of nitrogens with one attached hydrogen (secondary N) is 3. The van der Waals surface area contributed by atoms with Gasteiger partial charge in [0.15, 0.2) is 0 Å². The van der Waals surface area contributed by atoms with E-state index in [2.05, 4.69) is 16.0 Å². The maximum atomic E-state index is 13.7. The monoisotopic (exact) mass is 622 g/mol. The van der Waals surface area contributed by atoms with Crippen LogP contribution in [-0.4, -0.2) is 26.9 Å². The van der Waals surface area contributed by atoms with Crippen molar-refractivity contribution in [2.24, 2.45) is 0 Å². The van der Waals surface area contributed by atoms with Gasteiger partial charge in [0.25, 0.3) is 5.91 Å². The molecule has 2 heterocycles. The Morgan fingerprint density at radius 2 is 1.11 bits per heavy atom. The first-order valence-electron chi connectivity index (χ1n) is 15.2. The van der Waals surface area contributed by atoms with Crippen molar-refractivity contribution in [3.05, 3.63) is 168 Å². The molecule has 6 aromatic rings. The summed E-state index contributed by atoms with van der Waals surface area (Å²) in [6.45, 7) is 0.464. The highest BCUT2D eigenvalue weighted by Gasteiger charge is 2.28. The van der Waals surface area contributed by atoms with Gasteiger partial charge in [-0.1, -0.05) is 48.5 Å². The second kappa shape index (κ2) is 14.2. The second-order valence-electron chi connectivity index (χ2n) is 11.1. The first-order valence-corrected chi connectivity index (χ1v) is 15.2. The number of benzene rings is 4. The van der Waals surface area contributed by atoms with Gasteiger partial charge in [-0.2, -0.15) is 0 Å². The van der Waals surface area contributed by atoms with Crippen molar-refractivity contribution in [1.82, 2.24) is 19.8 Å². The van der Waals surface area contributed by atoms with Gasteiger partial charge in [0.1, 0.15) is 5.92 Å². The van der Waals surface area contributed by atoms with E-state index in [0.717, 1.165) is 22.5 Å². The number of nitrogens with two attached hydrogens (primary N) is 1. The third kappa shape index (κ3) is 7.49. The van der Waals surface area contributed by atoms with Crippen LogP contribution in [0, 0.1) is 0 Å². The van der Waals surface area contributed by atoms with Crippen LogP contribution >= 0.6 is 0 Å². The van der Waals surface area contributed by atoms with Crippen LogP contribution < -0.4 is 21.7 Å². The molecule has 5 N–H and O–H groups in total. The molecule has 234 valence electrons. The highest BCUT2D eigenvalue weighted by atomic mass is 16.2. The predicted octanol–water partition coefficient (Wildman–Crippen LogP) is 5.82. The minimum atomic E-state index is -1.16. The minimum Gasteiger partial charge on any atom is -0.397 e. The summed E-state index contributed by atoms with van der Waals surface area (Å²) in [5.41, 5.74) is 11.4.